The molecule has 134 valence electrons. The molecule has 26 heavy (non-hydrogen) atoms. The molecule has 0 aliphatic rings. The van der Waals surface area contributed by atoms with Crippen molar-refractivity contribution in [3.05, 3.63) is 69.1 Å². The Hall–Kier alpha value is -1.67. The lowest BCUT2D eigenvalue weighted by atomic mass is 9.87. The zero-order valence-electron chi connectivity index (χ0n) is 14.2. The summed E-state index contributed by atoms with van der Waals surface area (Å²) in [5.74, 6) is 0.347. The predicted octanol–water partition coefficient (Wildman–Crippen LogP) is 6.91. The molecule has 1 heterocycles. The number of hydrogen-bond acceptors (Lipinski definition) is 2. The second kappa shape index (κ2) is 8.35. The van der Waals surface area contributed by atoms with Gasteiger partial charge in [-0.2, -0.15) is 17.0 Å². The first-order valence-electron chi connectivity index (χ1n) is 8.15. The molecule has 0 bridgehead atoms. The lowest BCUT2D eigenvalue weighted by Crippen LogP contribution is -2.02. The van der Waals surface area contributed by atoms with E-state index in [1.54, 1.807) is 36.0 Å². The van der Waals surface area contributed by atoms with Crippen LogP contribution in [0.25, 0.3) is 10.9 Å². The summed E-state index contributed by atoms with van der Waals surface area (Å²) in [6.45, 7) is 0. The van der Waals surface area contributed by atoms with Gasteiger partial charge in [0, 0.05) is 45.2 Å². The molecule has 0 amide bonds. The predicted molar refractivity (Wildman–Crippen MR) is 109 cm³/mol. The van der Waals surface area contributed by atoms with Crippen LogP contribution in [0.15, 0.2) is 36.5 Å². The van der Waals surface area contributed by atoms with Gasteiger partial charge in [0.25, 0.3) is 0 Å². The summed E-state index contributed by atoms with van der Waals surface area (Å²) in [4.78, 5) is 3.29. The van der Waals surface area contributed by atoms with Gasteiger partial charge in [-0.25, -0.2) is 4.39 Å². The summed E-state index contributed by atoms with van der Waals surface area (Å²) >= 11 is 14.1. The van der Waals surface area contributed by atoms with Crippen LogP contribution in [-0.4, -0.2) is 11.2 Å². The highest BCUT2D eigenvalue weighted by atomic mass is 35.5. The first kappa shape index (κ1) is 19.1. The van der Waals surface area contributed by atoms with Crippen molar-refractivity contribution in [2.45, 2.75) is 24.5 Å². The van der Waals surface area contributed by atoms with E-state index in [-0.39, 0.29) is 11.7 Å². The standard InChI is InChI=1S/C20H17Cl2FN2S/c1-26-11-12-7-14(23)9-17-18(10-25-20(12)17)15(3-2-6-24)16-5-4-13(21)8-19(16)22/h4-5,7-10,15,25H,2-3,11H2,1H3. The number of aromatic amines is 1. The van der Waals surface area contributed by atoms with Crippen LogP contribution in [0.3, 0.4) is 0 Å². The number of fused-ring (bicyclic) bond motifs is 1. The fraction of sp³-hybridized carbons (Fsp3) is 0.250. The molecule has 0 aliphatic heterocycles. The van der Waals surface area contributed by atoms with Gasteiger partial charge in [0.15, 0.2) is 0 Å². The SMILES string of the molecule is CSCc1cc(F)cc2c(C(CCC#N)c3ccc(Cl)cc3Cl)c[nH]c12. The van der Waals surface area contributed by atoms with E-state index >= 15 is 0 Å². The maximum absolute atomic E-state index is 14.2. The number of aromatic nitrogens is 1. The minimum absolute atomic E-state index is 0.114. The van der Waals surface area contributed by atoms with Gasteiger partial charge in [-0.3, -0.25) is 0 Å². The Labute approximate surface area is 166 Å². The number of hydrogen-bond donors (Lipinski definition) is 1. The van der Waals surface area contributed by atoms with Crippen molar-refractivity contribution < 1.29 is 4.39 Å². The Morgan fingerprint density at radius 1 is 1.23 bits per heavy atom. The summed E-state index contributed by atoms with van der Waals surface area (Å²) in [6.07, 6.45) is 4.87. The van der Waals surface area contributed by atoms with E-state index in [0.717, 1.165) is 33.3 Å². The maximum Gasteiger partial charge on any atom is 0.124 e. The number of nitrogens with one attached hydrogen (secondary N) is 1. The Morgan fingerprint density at radius 3 is 2.73 bits per heavy atom. The lowest BCUT2D eigenvalue weighted by Gasteiger charge is -2.18. The van der Waals surface area contributed by atoms with Gasteiger partial charge in [0.2, 0.25) is 0 Å². The highest BCUT2D eigenvalue weighted by molar-refractivity contribution is 7.97. The molecule has 0 spiro atoms. The van der Waals surface area contributed by atoms with E-state index in [1.165, 1.54) is 0 Å². The minimum Gasteiger partial charge on any atom is -0.361 e. The smallest absolute Gasteiger partial charge is 0.124 e. The minimum atomic E-state index is -0.261. The largest absolute Gasteiger partial charge is 0.361 e. The van der Waals surface area contributed by atoms with Gasteiger partial charge < -0.3 is 4.98 Å². The number of nitriles is 1. The summed E-state index contributed by atoms with van der Waals surface area (Å²) in [7, 11) is 0. The first-order valence-corrected chi connectivity index (χ1v) is 10.3. The number of thioether (sulfide) groups is 1. The van der Waals surface area contributed by atoms with Gasteiger partial charge >= 0.3 is 0 Å². The highest BCUT2D eigenvalue weighted by Gasteiger charge is 2.22. The van der Waals surface area contributed by atoms with Gasteiger partial charge in [-0.15, -0.1) is 0 Å². The first-order chi connectivity index (χ1) is 12.5. The molecule has 0 saturated carbocycles. The highest BCUT2D eigenvalue weighted by Crippen LogP contribution is 2.39. The fourth-order valence-electron chi connectivity index (χ4n) is 3.32. The topological polar surface area (TPSA) is 39.6 Å². The molecule has 1 N–H and O–H groups in total. The zero-order valence-corrected chi connectivity index (χ0v) is 16.5. The molecule has 0 saturated heterocycles. The van der Waals surface area contributed by atoms with Crippen molar-refractivity contribution in [2.75, 3.05) is 6.26 Å². The third-order valence-electron chi connectivity index (χ3n) is 4.43. The second-order valence-electron chi connectivity index (χ2n) is 6.08. The van der Waals surface area contributed by atoms with Crippen molar-refractivity contribution >= 4 is 45.9 Å². The molecular weight excluding hydrogens is 390 g/mol. The van der Waals surface area contributed by atoms with Crippen molar-refractivity contribution in [3.8, 4) is 6.07 Å². The fourth-order valence-corrected chi connectivity index (χ4v) is 4.40. The third-order valence-corrected chi connectivity index (χ3v) is 5.59. The molecular formula is C20H17Cl2FN2S. The van der Waals surface area contributed by atoms with Crippen molar-refractivity contribution in [3.63, 3.8) is 0 Å². The van der Waals surface area contributed by atoms with E-state index in [2.05, 4.69) is 11.1 Å². The summed E-state index contributed by atoms with van der Waals surface area (Å²) in [6, 6.07) is 10.7. The van der Waals surface area contributed by atoms with Gasteiger partial charge in [-0.1, -0.05) is 29.3 Å². The van der Waals surface area contributed by atoms with Crippen molar-refractivity contribution in [1.29, 1.82) is 5.26 Å². The van der Waals surface area contributed by atoms with Gasteiger partial charge in [0.05, 0.1) is 6.07 Å². The van der Waals surface area contributed by atoms with Crippen LogP contribution in [0.1, 0.15) is 35.4 Å². The average molecular weight is 407 g/mol. The molecule has 1 atom stereocenters. The molecule has 3 aromatic rings. The van der Waals surface area contributed by atoms with Gasteiger partial charge in [-0.05, 0) is 53.6 Å². The van der Waals surface area contributed by atoms with Crippen molar-refractivity contribution in [2.24, 2.45) is 0 Å². The maximum atomic E-state index is 14.2. The van der Waals surface area contributed by atoms with E-state index in [0.29, 0.717) is 22.9 Å². The quantitative estimate of drug-likeness (QED) is 0.482. The van der Waals surface area contributed by atoms with Crippen LogP contribution in [-0.2, 0) is 5.75 Å². The third kappa shape index (κ3) is 3.86. The molecule has 2 aromatic carbocycles. The second-order valence-corrected chi connectivity index (χ2v) is 7.79. The summed E-state index contributed by atoms with van der Waals surface area (Å²) < 4.78 is 14.2. The van der Waals surface area contributed by atoms with Crippen LogP contribution in [0, 0.1) is 17.1 Å². The number of nitrogens with zero attached hydrogens (tertiary/aromatic N) is 1. The Balaban J connectivity index is 2.17. The Kier molecular flexibility index (Phi) is 6.13. The molecule has 6 heteroatoms. The monoisotopic (exact) mass is 406 g/mol. The van der Waals surface area contributed by atoms with E-state index < -0.39 is 0 Å². The number of rotatable bonds is 6. The number of H-pyrrole nitrogens is 1. The Bertz CT molecular complexity index is 978. The molecule has 0 aliphatic carbocycles. The number of benzene rings is 2. The van der Waals surface area contributed by atoms with Crippen LogP contribution < -0.4 is 0 Å². The lowest BCUT2D eigenvalue weighted by molar-refractivity contribution is 0.628. The van der Waals surface area contributed by atoms with E-state index in [1.807, 2.05) is 18.5 Å². The molecule has 1 unspecified atom stereocenters. The normalized spacial score (nSPS) is 12.3. The van der Waals surface area contributed by atoms with Crippen LogP contribution in [0.4, 0.5) is 4.39 Å². The zero-order chi connectivity index (χ0) is 18.7. The van der Waals surface area contributed by atoms with E-state index in [4.69, 9.17) is 28.5 Å². The van der Waals surface area contributed by atoms with Crippen LogP contribution in [0.5, 0.6) is 0 Å². The molecule has 3 rings (SSSR count). The van der Waals surface area contributed by atoms with Gasteiger partial charge in [0.1, 0.15) is 5.82 Å². The van der Waals surface area contributed by atoms with Crippen LogP contribution in [0.2, 0.25) is 10.0 Å². The Morgan fingerprint density at radius 2 is 2.04 bits per heavy atom. The molecule has 0 fully saturated rings. The average Bonchev–Trinajstić information content (AvgIpc) is 3.01. The van der Waals surface area contributed by atoms with Crippen molar-refractivity contribution in [1.82, 2.24) is 4.98 Å². The molecule has 1 aromatic heterocycles. The summed E-state index contributed by atoms with van der Waals surface area (Å²) in [5, 5.41) is 11.0. The van der Waals surface area contributed by atoms with E-state index in [9.17, 15) is 4.39 Å². The van der Waals surface area contributed by atoms with Crippen LogP contribution >= 0.6 is 35.0 Å². The molecule has 2 nitrogen and oxygen atoms in total. The molecule has 0 radical (unpaired) electrons. The number of halogens is 3. The summed E-state index contributed by atoms with van der Waals surface area (Å²) in [5.41, 5.74) is 3.70.